The molecule has 1 atom stereocenters. The maximum atomic E-state index is 12.9. The van der Waals surface area contributed by atoms with Crippen molar-refractivity contribution in [3.63, 3.8) is 0 Å². The summed E-state index contributed by atoms with van der Waals surface area (Å²) in [6, 6.07) is 14.8. The number of hydrogen-bond donors (Lipinski definition) is 2. The molecule has 0 radical (unpaired) electrons. The van der Waals surface area contributed by atoms with Crippen LogP contribution in [0.2, 0.25) is 0 Å². The van der Waals surface area contributed by atoms with Gasteiger partial charge >= 0.3 is 5.97 Å². The van der Waals surface area contributed by atoms with Crippen LogP contribution >= 0.6 is 11.8 Å². The Balaban J connectivity index is 1.84. The molecular weight excluding hydrogens is 382 g/mol. The van der Waals surface area contributed by atoms with Crippen molar-refractivity contribution in [2.75, 3.05) is 11.4 Å². The molecule has 0 saturated carbocycles. The molecular formula is C19H17N3O5S. The number of thioether (sulfide) groups is 1. The normalized spacial score (nSPS) is 16.3. The number of anilines is 1. The molecule has 1 heterocycles. The van der Waals surface area contributed by atoms with Crippen LogP contribution in [0.4, 0.5) is 10.5 Å². The summed E-state index contributed by atoms with van der Waals surface area (Å²) < 4.78 is 0. The zero-order valence-corrected chi connectivity index (χ0v) is 15.5. The van der Waals surface area contributed by atoms with Crippen molar-refractivity contribution in [1.82, 2.24) is 4.90 Å². The molecule has 0 aliphatic carbocycles. The number of benzene rings is 2. The number of carbonyl (C=O) groups excluding carboxylic acids is 3. The second-order valence-corrected chi connectivity index (χ2v) is 7.13. The number of rotatable bonds is 7. The second kappa shape index (κ2) is 8.13. The molecule has 0 spiro atoms. The molecule has 0 aromatic heterocycles. The second-order valence-electron chi connectivity index (χ2n) is 6.10. The third-order valence-electron chi connectivity index (χ3n) is 4.12. The van der Waals surface area contributed by atoms with E-state index in [1.807, 2.05) is 0 Å². The van der Waals surface area contributed by atoms with E-state index in [2.05, 4.69) is 0 Å². The number of carboxylic acid groups (broad SMARTS) is 1. The molecule has 1 unspecified atom stereocenters. The van der Waals surface area contributed by atoms with E-state index in [4.69, 9.17) is 10.8 Å². The Kier molecular flexibility index (Phi) is 5.65. The number of para-hydroxylation sites is 1. The zero-order valence-electron chi connectivity index (χ0n) is 14.6. The average Bonchev–Trinajstić information content (AvgIpc) is 2.95. The Hall–Kier alpha value is -3.33. The van der Waals surface area contributed by atoms with E-state index in [-0.39, 0.29) is 18.7 Å². The predicted octanol–water partition coefficient (Wildman–Crippen LogP) is 1.90. The lowest BCUT2D eigenvalue weighted by atomic mass is 10.1. The Bertz CT molecular complexity index is 934. The molecule has 2 aromatic carbocycles. The van der Waals surface area contributed by atoms with Crippen LogP contribution in [0, 0.1) is 0 Å². The molecule has 144 valence electrons. The summed E-state index contributed by atoms with van der Waals surface area (Å²) in [6.45, 7) is -0.273. The number of carbonyl (C=O) groups is 4. The maximum Gasteiger partial charge on any atom is 0.335 e. The van der Waals surface area contributed by atoms with Crippen LogP contribution in [0.25, 0.3) is 0 Å². The highest BCUT2D eigenvalue weighted by atomic mass is 32.2. The number of hydrogen-bond acceptors (Lipinski definition) is 6. The SMILES string of the molecule is NC(=O)CN(c1ccccc1)C1SC(=O)N(Cc2cccc(C(=O)O)c2)C1=O. The Morgan fingerprint density at radius 2 is 1.82 bits per heavy atom. The summed E-state index contributed by atoms with van der Waals surface area (Å²) in [5.74, 6) is -2.21. The first-order valence-corrected chi connectivity index (χ1v) is 9.19. The van der Waals surface area contributed by atoms with Crippen LogP contribution in [-0.4, -0.2) is 44.9 Å². The van der Waals surface area contributed by atoms with Gasteiger partial charge in [-0.15, -0.1) is 0 Å². The lowest BCUT2D eigenvalue weighted by Crippen LogP contribution is -2.45. The molecule has 9 heteroatoms. The minimum absolute atomic E-state index is 0.0541. The van der Waals surface area contributed by atoms with Gasteiger partial charge in [0.1, 0.15) is 0 Å². The Morgan fingerprint density at radius 3 is 2.46 bits per heavy atom. The number of carboxylic acids is 1. The zero-order chi connectivity index (χ0) is 20.3. The first-order chi connectivity index (χ1) is 13.4. The van der Waals surface area contributed by atoms with Crippen molar-refractivity contribution in [3.8, 4) is 0 Å². The van der Waals surface area contributed by atoms with Crippen molar-refractivity contribution < 1.29 is 24.3 Å². The van der Waals surface area contributed by atoms with E-state index in [0.29, 0.717) is 11.3 Å². The van der Waals surface area contributed by atoms with Crippen LogP contribution in [0.5, 0.6) is 0 Å². The van der Waals surface area contributed by atoms with E-state index in [1.165, 1.54) is 17.0 Å². The van der Waals surface area contributed by atoms with Gasteiger partial charge in [0.2, 0.25) is 5.91 Å². The van der Waals surface area contributed by atoms with Gasteiger partial charge < -0.3 is 15.7 Å². The monoisotopic (exact) mass is 399 g/mol. The van der Waals surface area contributed by atoms with Gasteiger partial charge in [0.25, 0.3) is 11.1 Å². The number of imide groups is 1. The molecule has 1 aliphatic heterocycles. The van der Waals surface area contributed by atoms with Crippen molar-refractivity contribution in [2.24, 2.45) is 5.73 Å². The third-order valence-corrected chi connectivity index (χ3v) is 5.22. The number of primary amides is 1. The van der Waals surface area contributed by atoms with E-state index >= 15 is 0 Å². The van der Waals surface area contributed by atoms with Gasteiger partial charge in [0, 0.05) is 5.69 Å². The number of nitrogens with zero attached hydrogens (tertiary/aromatic N) is 2. The standard InChI is InChI=1S/C19H17N3O5S/c20-15(23)11-21(14-7-2-1-3-8-14)17-16(24)22(19(27)28-17)10-12-5-4-6-13(9-12)18(25)26/h1-9,17H,10-11H2,(H2,20,23)(H,25,26). The summed E-state index contributed by atoms with van der Waals surface area (Å²) in [6.07, 6.45) is 0. The number of aromatic carboxylic acids is 1. The number of amides is 3. The van der Waals surface area contributed by atoms with E-state index in [0.717, 1.165) is 16.7 Å². The first kappa shape index (κ1) is 19.4. The quantitative estimate of drug-likeness (QED) is 0.729. The van der Waals surface area contributed by atoms with Gasteiger partial charge in [-0.2, -0.15) is 0 Å². The van der Waals surface area contributed by atoms with Crippen LogP contribution < -0.4 is 10.6 Å². The molecule has 2 aromatic rings. The molecule has 1 aliphatic rings. The van der Waals surface area contributed by atoms with Gasteiger partial charge in [-0.05, 0) is 41.6 Å². The molecule has 8 nitrogen and oxygen atoms in total. The van der Waals surface area contributed by atoms with E-state index in [1.54, 1.807) is 42.5 Å². The minimum Gasteiger partial charge on any atom is -0.478 e. The van der Waals surface area contributed by atoms with Crippen LogP contribution in [0.3, 0.4) is 0 Å². The largest absolute Gasteiger partial charge is 0.478 e. The smallest absolute Gasteiger partial charge is 0.335 e. The summed E-state index contributed by atoms with van der Waals surface area (Å²) in [5, 5.41) is 7.70. The molecule has 3 rings (SSSR count). The highest BCUT2D eigenvalue weighted by Crippen LogP contribution is 2.33. The van der Waals surface area contributed by atoms with Gasteiger partial charge in [0.15, 0.2) is 5.37 Å². The highest BCUT2D eigenvalue weighted by molar-refractivity contribution is 8.15. The topological polar surface area (TPSA) is 121 Å². The van der Waals surface area contributed by atoms with Gasteiger partial charge in [0.05, 0.1) is 18.7 Å². The van der Waals surface area contributed by atoms with Crippen molar-refractivity contribution >= 4 is 40.5 Å². The van der Waals surface area contributed by atoms with Crippen LogP contribution in [-0.2, 0) is 16.1 Å². The molecule has 3 amide bonds. The minimum atomic E-state index is -1.09. The molecule has 0 bridgehead atoms. The molecule has 28 heavy (non-hydrogen) atoms. The fourth-order valence-electron chi connectivity index (χ4n) is 2.85. The molecule has 1 fully saturated rings. The van der Waals surface area contributed by atoms with Crippen molar-refractivity contribution in [1.29, 1.82) is 0 Å². The lowest BCUT2D eigenvalue weighted by Gasteiger charge is -2.27. The van der Waals surface area contributed by atoms with Gasteiger partial charge in [-0.25, -0.2) is 4.79 Å². The van der Waals surface area contributed by atoms with Crippen LogP contribution in [0.15, 0.2) is 54.6 Å². The summed E-state index contributed by atoms with van der Waals surface area (Å²) in [7, 11) is 0. The fraction of sp³-hybridized carbons (Fsp3) is 0.158. The molecule has 1 saturated heterocycles. The maximum absolute atomic E-state index is 12.9. The van der Waals surface area contributed by atoms with E-state index in [9.17, 15) is 19.2 Å². The number of nitrogens with two attached hydrogens (primary N) is 1. The summed E-state index contributed by atoms with van der Waals surface area (Å²) in [5.41, 5.74) is 6.51. The fourth-order valence-corrected chi connectivity index (χ4v) is 3.88. The lowest BCUT2D eigenvalue weighted by molar-refractivity contribution is -0.127. The first-order valence-electron chi connectivity index (χ1n) is 8.31. The summed E-state index contributed by atoms with van der Waals surface area (Å²) >= 11 is 0.796. The highest BCUT2D eigenvalue weighted by Gasteiger charge is 2.43. The summed E-state index contributed by atoms with van der Waals surface area (Å²) in [4.78, 5) is 50.5. The molecule has 3 N–H and O–H groups in total. The van der Waals surface area contributed by atoms with Crippen molar-refractivity contribution in [2.45, 2.75) is 11.9 Å². The third kappa shape index (κ3) is 4.15. The van der Waals surface area contributed by atoms with E-state index < -0.39 is 28.4 Å². The Morgan fingerprint density at radius 1 is 1.11 bits per heavy atom. The van der Waals surface area contributed by atoms with Gasteiger partial charge in [-0.3, -0.25) is 19.3 Å². The predicted molar refractivity (Wildman–Crippen MR) is 104 cm³/mol. The average molecular weight is 399 g/mol. The Labute approximate surface area is 164 Å². The van der Waals surface area contributed by atoms with Crippen LogP contribution in [0.1, 0.15) is 15.9 Å². The van der Waals surface area contributed by atoms with Gasteiger partial charge in [-0.1, -0.05) is 30.3 Å². The van der Waals surface area contributed by atoms with Crippen molar-refractivity contribution in [3.05, 3.63) is 65.7 Å².